The van der Waals surface area contributed by atoms with Crippen molar-refractivity contribution in [3.05, 3.63) is 84.4 Å². The molecule has 0 bridgehead atoms. The van der Waals surface area contributed by atoms with Gasteiger partial charge in [0, 0.05) is 18.3 Å². The van der Waals surface area contributed by atoms with Crippen LogP contribution in [0.3, 0.4) is 0 Å². The molecule has 0 saturated heterocycles. The largest absolute Gasteiger partial charge is 0.456 e. The predicted molar refractivity (Wildman–Crippen MR) is 117 cm³/mol. The van der Waals surface area contributed by atoms with Crippen LogP contribution in [0, 0.1) is 0 Å². The molecule has 2 N–H and O–H groups in total. The van der Waals surface area contributed by atoms with Crippen molar-refractivity contribution < 1.29 is 19.1 Å². The number of carbonyl (C=O) groups is 3. The van der Waals surface area contributed by atoms with Crippen LogP contribution in [-0.4, -0.2) is 30.9 Å². The number of carbonyl (C=O) groups excluding carboxylic acids is 3. The van der Waals surface area contributed by atoms with Crippen LogP contribution in [-0.2, 0) is 19.1 Å². The van der Waals surface area contributed by atoms with Crippen molar-refractivity contribution >= 4 is 40.3 Å². The zero-order valence-electron chi connectivity index (χ0n) is 16.3. The second kappa shape index (κ2) is 10.6. The van der Waals surface area contributed by atoms with Crippen LogP contribution < -0.4 is 10.6 Å². The van der Waals surface area contributed by atoms with Gasteiger partial charge in [0.1, 0.15) is 0 Å². The Morgan fingerprint density at radius 1 is 0.867 bits per heavy atom. The standard InChI is InChI=1S/C24H22N2O4/c27-22(13-10-18-6-2-1-3-7-18)25-15-14-24(29)30-17-23(28)26-21-12-11-19-8-4-5-9-20(19)16-21/h1-13,16H,14-15,17H2,(H,25,27)(H,26,28)/b13-10+. The molecule has 6 nitrogen and oxygen atoms in total. The first-order valence-corrected chi connectivity index (χ1v) is 9.55. The van der Waals surface area contributed by atoms with E-state index in [9.17, 15) is 14.4 Å². The maximum absolute atomic E-state index is 12.0. The third kappa shape index (κ3) is 6.60. The zero-order valence-corrected chi connectivity index (χ0v) is 16.3. The highest BCUT2D eigenvalue weighted by molar-refractivity contribution is 5.96. The van der Waals surface area contributed by atoms with E-state index in [0.717, 1.165) is 16.3 Å². The maximum atomic E-state index is 12.0. The minimum Gasteiger partial charge on any atom is -0.456 e. The number of amides is 2. The summed E-state index contributed by atoms with van der Waals surface area (Å²) in [6.45, 7) is -0.253. The summed E-state index contributed by atoms with van der Waals surface area (Å²) in [6.07, 6.45) is 3.07. The fourth-order valence-corrected chi connectivity index (χ4v) is 2.77. The SMILES string of the molecule is O=C(/C=C/c1ccccc1)NCCC(=O)OCC(=O)Nc1ccc2ccccc2c1. The van der Waals surface area contributed by atoms with Gasteiger partial charge < -0.3 is 15.4 Å². The Morgan fingerprint density at radius 3 is 2.40 bits per heavy atom. The minimum atomic E-state index is -0.559. The van der Waals surface area contributed by atoms with E-state index in [4.69, 9.17) is 4.74 Å². The fourth-order valence-electron chi connectivity index (χ4n) is 2.77. The molecule has 0 saturated carbocycles. The van der Waals surface area contributed by atoms with Gasteiger partial charge in [-0.15, -0.1) is 0 Å². The molecule has 2 amide bonds. The summed E-state index contributed by atoms with van der Waals surface area (Å²) in [4.78, 5) is 35.5. The number of ether oxygens (including phenoxy) is 1. The van der Waals surface area contributed by atoms with Gasteiger partial charge in [0.25, 0.3) is 5.91 Å². The number of esters is 1. The molecule has 30 heavy (non-hydrogen) atoms. The van der Waals surface area contributed by atoms with E-state index in [2.05, 4.69) is 10.6 Å². The molecule has 0 fully saturated rings. The van der Waals surface area contributed by atoms with Crippen molar-refractivity contribution in [2.75, 3.05) is 18.5 Å². The summed E-state index contributed by atoms with van der Waals surface area (Å²) in [5, 5.41) is 7.38. The van der Waals surface area contributed by atoms with Crippen LogP contribution in [0.4, 0.5) is 5.69 Å². The molecule has 0 aliphatic heterocycles. The molecule has 0 radical (unpaired) electrons. The van der Waals surface area contributed by atoms with Crippen molar-refractivity contribution in [1.29, 1.82) is 0 Å². The monoisotopic (exact) mass is 402 g/mol. The van der Waals surface area contributed by atoms with Gasteiger partial charge in [-0.2, -0.15) is 0 Å². The van der Waals surface area contributed by atoms with Crippen LogP contribution in [0.5, 0.6) is 0 Å². The van der Waals surface area contributed by atoms with Crippen LogP contribution in [0.2, 0.25) is 0 Å². The lowest BCUT2D eigenvalue weighted by molar-refractivity contribution is -0.147. The van der Waals surface area contributed by atoms with E-state index in [0.29, 0.717) is 5.69 Å². The van der Waals surface area contributed by atoms with Crippen LogP contribution in [0.1, 0.15) is 12.0 Å². The highest BCUT2D eigenvalue weighted by Crippen LogP contribution is 2.18. The van der Waals surface area contributed by atoms with E-state index in [1.54, 1.807) is 12.1 Å². The van der Waals surface area contributed by atoms with E-state index in [1.165, 1.54) is 6.08 Å². The molecular weight excluding hydrogens is 380 g/mol. The molecule has 3 aromatic carbocycles. The highest BCUT2D eigenvalue weighted by Gasteiger charge is 2.08. The Labute approximate surface area is 174 Å². The molecular formula is C24H22N2O4. The number of fused-ring (bicyclic) bond motifs is 1. The number of hydrogen-bond acceptors (Lipinski definition) is 4. The van der Waals surface area contributed by atoms with Crippen molar-refractivity contribution in [3.63, 3.8) is 0 Å². The third-order valence-corrected chi connectivity index (χ3v) is 4.25. The van der Waals surface area contributed by atoms with Crippen LogP contribution in [0.25, 0.3) is 16.8 Å². The molecule has 0 aromatic heterocycles. The molecule has 0 atom stereocenters. The summed E-state index contributed by atoms with van der Waals surface area (Å²) < 4.78 is 4.95. The minimum absolute atomic E-state index is 0.0197. The Hall–Kier alpha value is -3.93. The van der Waals surface area contributed by atoms with Crippen molar-refractivity contribution in [2.24, 2.45) is 0 Å². The summed E-state index contributed by atoms with van der Waals surface area (Å²) >= 11 is 0. The van der Waals surface area contributed by atoms with Gasteiger partial charge in [-0.05, 0) is 34.5 Å². The van der Waals surface area contributed by atoms with Crippen molar-refractivity contribution in [2.45, 2.75) is 6.42 Å². The van der Waals surface area contributed by atoms with Gasteiger partial charge in [-0.25, -0.2) is 0 Å². The zero-order chi connectivity index (χ0) is 21.2. The smallest absolute Gasteiger partial charge is 0.308 e. The number of nitrogens with one attached hydrogen (secondary N) is 2. The first-order chi connectivity index (χ1) is 14.6. The Kier molecular flexibility index (Phi) is 7.33. The second-order valence-corrected chi connectivity index (χ2v) is 6.56. The Morgan fingerprint density at radius 2 is 1.60 bits per heavy atom. The average molecular weight is 402 g/mol. The molecule has 152 valence electrons. The van der Waals surface area contributed by atoms with Gasteiger partial charge in [0.2, 0.25) is 5.91 Å². The molecule has 0 aliphatic carbocycles. The Bertz CT molecular complexity index is 1060. The van der Waals surface area contributed by atoms with E-state index < -0.39 is 11.9 Å². The van der Waals surface area contributed by atoms with Gasteiger partial charge in [-0.3, -0.25) is 14.4 Å². The lowest BCUT2D eigenvalue weighted by Crippen LogP contribution is -2.26. The Balaban J connectivity index is 1.35. The van der Waals surface area contributed by atoms with Gasteiger partial charge in [-0.1, -0.05) is 60.7 Å². The van der Waals surface area contributed by atoms with E-state index >= 15 is 0 Å². The normalized spacial score (nSPS) is 10.7. The molecule has 3 aromatic rings. The van der Waals surface area contributed by atoms with Gasteiger partial charge >= 0.3 is 5.97 Å². The first kappa shape index (κ1) is 20.8. The quantitative estimate of drug-likeness (QED) is 0.446. The van der Waals surface area contributed by atoms with Crippen LogP contribution in [0.15, 0.2) is 78.9 Å². The second-order valence-electron chi connectivity index (χ2n) is 6.56. The number of benzene rings is 3. The lowest BCUT2D eigenvalue weighted by atomic mass is 10.1. The summed E-state index contributed by atoms with van der Waals surface area (Å²) in [7, 11) is 0. The van der Waals surface area contributed by atoms with E-state index in [-0.39, 0.29) is 25.5 Å². The molecule has 0 spiro atoms. The van der Waals surface area contributed by atoms with Crippen LogP contribution >= 0.6 is 0 Å². The topological polar surface area (TPSA) is 84.5 Å². The van der Waals surface area contributed by atoms with Crippen molar-refractivity contribution in [1.82, 2.24) is 5.32 Å². The summed E-state index contributed by atoms with van der Waals surface area (Å²) in [5.74, 6) is -1.29. The number of rotatable bonds is 8. The molecule has 6 heteroatoms. The molecule has 0 heterocycles. The lowest BCUT2D eigenvalue weighted by Gasteiger charge is -2.08. The molecule has 0 unspecified atom stereocenters. The molecule has 0 aliphatic rings. The average Bonchev–Trinajstić information content (AvgIpc) is 2.77. The molecule has 3 rings (SSSR count). The summed E-state index contributed by atoms with van der Waals surface area (Å²) in [6, 6.07) is 22.8. The fraction of sp³-hybridized carbons (Fsp3) is 0.125. The summed E-state index contributed by atoms with van der Waals surface area (Å²) in [5.41, 5.74) is 1.54. The highest BCUT2D eigenvalue weighted by atomic mass is 16.5. The third-order valence-electron chi connectivity index (χ3n) is 4.25. The number of hydrogen-bond donors (Lipinski definition) is 2. The van der Waals surface area contributed by atoms with Crippen molar-refractivity contribution in [3.8, 4) is 0 Å². The maximum Gasteiger partial charge on any atom is 0.308 e. The van der Waals surface area contributed by atoms with E-state index in [1.807, 2.05) is 66.7 Å². The van der Waals surface area contributed by atoms with Gasteiger partial charge in [0.15, 0.2) is 6.61 Å². The predicted octanol–water partition coefficient (Wildman–Crippen LogP) is 3.54. The van der Waals surface area contributed by atoms with Gasteiger partial charge in [0.05, 0.1) is 6.42 Å². The first-order valence-electron chi connectivity index (χ1n) is 9.55. The number of anilines is 1.